The van der Waals surface area contributed by atoms with Crippen LogP contribution in [0.1, 0.15) is 17.3 Å². The van der Waals surface area contributed by atoms with Crippen molar-refractivity contribution >= 4 is 23.4 Å². The second kappa shape index (κ2) is 6.08. The number of ketones is 1. The number of carbonyl (C=O) groups is 2. The zero-order chi connectivity index (χ0) is 12.0. The molecule has 0 saturated heterocycles. The topological polar surface area (TPSA) is 43.4 Å². The average Bonchev–Trinajstić information content (AvgIpc) is 2.27. The van der Waals surface area contributed by atoms with Crippen molar-refractivity contribution < 1.29 is 14.3 Å². The van der Waals surface area contributed by atoms with E-state index in [1.54, 1.807) is 37.3 Å². The van der Waals surface area contributed by atoms with Crippen molar-refractivity contribution in [2.45, 2.75) is 6.92 Å². The van der Waals surface area contributed by atoms with E-state index in [-0.39, 0.29) is 12.4 Å². The monoisotopic (exact) mass is 238 g/mol. The first-order valence-electron chi connectivity index (χ1n) is 4.71. The zero-order valence-corrected chi connectivity index (χ0v) is 9.53. The Kier molecular flexibility index (Phi) is 4.73. The molecule has 0 radical (unpaired) electrons. The number of hydrogen-bond donors (Lipinski definition) is 0. The lowest BCUT2D eigenvalue weighted by atomic mass is 10.1. The third-order valence-electron chi connectivity index (χ3n) is 1.81. The molecule has 0 fully saturated rings. The summed E-state index contributed by atoms with van der Waals surface area (Å²) in [5.41, 5.74) is 0.470. The van der Waals surface area contributed by atoms with E-state index in [2.05, 4.69) is 0 Å². The van der Waals surface area contributed by atoms with Crippen LogP contribution >= 0.6 is 11.6 Å². The van der Waals surface area contributed by atoms with Crippen LogP contribution in [0.3, 0.4) is 0 Å². The first-order chi connectivity index (χ1) is 7.63. The summed E-state index contributed by atoms with van der Waals surface area (Å²) in [6, 6.07) is 6.41. The average molecular weight is 239 g/mol. The third-order valence-corrected chi connectivity index (χ3v) is 2.07. The summed E-state index contributed by atoms with van der Waals surface area (Å²) >= 11 is 5.68. The van der Waals surface area contributed by atoms with Gasteiger partial charge in [-0.3, -0.25) is 4.79 Å². The van der Waals surface area contributed by atoms with Gasteiger partial charge in [0.2, 0.25) is 0 Å². The molecule has 0 aliphatic heterocycles. The molecule has 0 amide bonds. The summed E-state index contributed by atoms with van der Waals surface area (Å²) in [4.78, 5) is 22.5. The fourth-order valence-corrected chi connectivity index (χ4v) is 1.17. The van der Waals surface area contributed by atoms with Gasteiger partial charge in [-0.25, -0.2) is 4.79 Å². The maximum absolute atomic E-state index is 11.5. The fourth-order valence-electron chi connectivity index (χ4n) is 1.04. The van der Waals surface area contributed by atoms with Crippen molar-refractivity contribution in [3.05, 3.63) is 47.0 Å². The molecule has 0 aliphatic carbocycles. The van der Waals surface area contributed by atoms with Gasteiger partial charge in [-0.05, 0) is 31.2 Å². The number of carbonyl (C=O) groups excluding carboxylic acids is 2. The Morgan fingerprint density at radius 1 is 1.31 bits per heavy atom. The van der Waals surface area contributed by atoms with E-state index in [0.29, 0.717) is 10.6 Å². The number of esters is 1. The second-order valence-corrected chi connectivity index (χ2v) is 3.47. The number of Topliss-reactive ketones (excluding diaryl/α,β-unsaturated/α-hetero) is 1. The maximum Gasteiger partial charge on any atom is 0.330 e. The van der Waals surface area contributed by atoms with Gasteiger partial charge in [0.15, 0.2) is 12.4 Å². The van der Waals surface area contributed by atoms with Gasteiger partial charge in [-0.15, -0.1) is 0 Å². The summed E-state index contributed by atoms with van der Waals surface area (Å²) in [7, 11) is 0. The highest BCUT2D eigenvalue weighted by Gasteiger charge is 2.07. The molecule has 0 aromatic heterocycles. The molecule has 0 unspecified atom stereocenters. The number of ether oxygens (including phenoxy) is 1. The van der Waals surface area contributed by atoms with E-state index in [0.717, 1.165) is 0 Å². The van der Waals surface area contributed by atoms with Crippen LogP contribution in [0.15, 0.2) is 36.4 Å². The predicted octanol–water partition coefficient (Wildman–Crippen LogP) is 2.64. The van der Waals surface area contributed by atoms with Gasteiger partial charge in [0.25, 0.3) is 0 Å². The molecule has 1 aromatic rings. The van der Waals surface area contributed by atoms with Crippen molar-refractivity contribution in [2.24, 2.45) is 0 Å². The summed E-state index contributed by atoms with van der Waals surface area (Å²) < 4.78 is 4.72. The summed E-state index contributed by atoms with van der Waals surface area (Å²) in [6.45, 7) is 1.44. The molecule has 0 atom stereocenters. The van der Waals surface area contributed by atoms with E-state index < -0.39 is 5.97 Å². The van der Waals surface area contributed by atoms with Crippen LogP contribution in [0.4, 0.5) is 0 Å². The molecule has 0 aliphatic rings. The minimum Gasteiger partial charge on any atom is -0.454 e. The Bertz CT molecular complexity index is 407. The molecule has 0 spiro atoms. The lowest BCUT2D eigenvalue weighted by Gasteiger charge is -2.01. The Morgan fingerprint density at radius 2 is 1.94 bits per heavy atom. The van der Waals surface area contributed by atoms with E-state index in [9.17, 15) is 9.59 Å². The molecule has 0 saturated carbocycles. The van der Waals surface area contributed by atoms with Crippen LogP contribution in [-0.2, 0) is 9.53 Å². The Balaban J connectivity index is 2.53. The zero-order valence-electron chi connectivity index (χ0n) is 8.77. The number of hydrogen-bond acceptors (Lipinski definition) is 3. The van der Waals surface area contributed by atoms with Crippen LogP contribution in [0.5, 0.6) is 0 Å². The largest absolute Gasteiger partial charge is 0.454 e. The fraction of sp³-hybridized carbons (Fsp3) is 0.167. The van der Waals surface area contributed by atoms with Gasteiger partial charge in [0, 0.05) is 16.7 Å². The van der Waals surface area contributed by atoms with E-state index in [4.69, 9.17) is 16.3 Å². The molecule has 0 N–H and O–H groups in total. The molecule has 0 heterocycles. The third kappa shape index (κ3) is 3.87. The summed E-state index contributed by atoms with van der Waals surface area (Å²) in [6.07, 6.45) is 2.81. The molecule has 0 bridgehead atoms. The van der Waals surface area contributed by atoms with Gasteiger partial charge < -0.3 is 4.74 Å². The van der Waals surface area contributed by atoms with Gasteiger partial charge in [0.05, 0.1) is 0 Å². The van der Waals surface area contributed by atoms with Gasteiger partial charge >= 0.3 is 5.97 Å². The molecule has 1 rings (SSSR count). The summed E-state index contributed by atoms with van der Waals surface area (Å²) in [5.74, 6) is -0.778. The van der Waals surface area contributed by atoms with Crippen LogP contribution in [0.2, 0.25) is 5.02 Å². The maximum atomic E-state index is 11.5. The standard InChI is InChI=1S/C12H11ClO3/c1-2-3-12(15)16-8-11(14)9-4-6-10(13)7-5-9/h2-7H,8H2,1H3/b3-2+. The van der Waals surface area contributed by atoms with E-state index in [1.165, 1.54) is 6.08 Å². The molecule has 84 valence electrons. The number of rotatable bonds is 4. The minimum absolute atomic E-state index is 0.255. The van der Waals surface area contributed by atoms with Gasteiger partial charge in [-0.1, -0.05) is 17.7 Å². The number of halogens is 1. The highest BCUT2D eigenvalue weighted by molar-refractivity contribution is 6.30. The molecular weight excluding hydrogens is 228 g/mol. The van der Waals surface area contributed by atoms with Crippen LogP contribution < -0.4 is 0 Å². The van der Waals surface area contributed by atoms with Crippen LogP contribution in [0.25, 0.3) is 0 Å². The van der Waals surface area contributed by atoms with E-state index >= 15 is 0 Å². The quantitative estimate of drug-likeness (QED) is 0.460. The summed E-state index contributed by atoms with van der Waals surface area (Å²) in [5, 5.41) is 0.558. The van der Waals surface area contributed by atoms with Gasteiger partial charge in [-0.2, -0.15) is 0 Å². The Hall–Kier alpha value is -1.61. The van der Waals surface area contributed by atoms with Crippen LogP contribution in [0, 0.1) is 0 Å². The normalized spacial score (nSPS) is 10.4. The minimum atomic E-state index is -0.523. The highest BCUT2D eigenvalue weighted by Crippen LogP contribution is 2.10. The second-order valence-electron chi connectivity index (χ2n) is 3.04. The van der Waals surface area contributed by atoms with E-state index in [1.807, 2.05) is 0 Å². The van der Waals surface area contributed by atoms with Crippen molar-refractivity contribution in [1.82, 2.24) is 0 Å². The number of benzene rings is 1. The molecular formula is C12H11ClO3. The first kappa shape index (κ1) is 12.5. The molecule has 16 heavy (non-hydrogen) atoms. The van der Waals surface area contributed by atoms with Crippen molar-refractivity contribution in [1.29, 1.82) is 0 Å². The van der Waals surface area contributed by atoms with Crippen LogP contribution in [-0.4, -0.2) is 18.4 Å². The van der Waals surface area contributed by atoms with Crippen molar-refractivity contribution in [2.75, 3.05) is 6.61 Å². The Morgan fingerprint density at radius 3 is 2.50 bits per heavy atom. The predicted molar refractivity (Wildman–Crippen MR) is 61.6 cm³/mol. The first-order valence-corrected chi connectivity index (χ1v) is 5.09. The van der Waals surface area contributed by atoms with Crippen molar-refractivity contribution in [3.63, 3.8) is 0 Å². The lowest BCUT2D eigenvalue weighted by Crippen LogP contribution is -2.12. The van der Waals surface area contributed by atoms with Crippen molar-refractivity contribution in [3.8, 4) is 0 Å². The smallest absolute Gasteiger partial charge is 0.330 e. The van der Waals surface area contributed by atoms with Gasteiger partial charge in [0.1, 0.15) is 0 Å². The highest BCUT2D eigenvalue weighted by atomic mass is 35.5. The number of allylic oxidation sites excluding steroid dienone is 1. The Labute approximate surface area is 98.7 Å². The SMILES string of the molecule is C/C=C/C(=O)OCC(=O)c1ccc(Cl)cc1. The molecule has 4 heteroatoms. The molecule has 3 nitrogen and oxygen atoms in total. The lowest BCUT2D eigenvalue weighted by molar-refractivity contribution is -0.136. The molecule has 1 aromatic carbocycles.